The molecule has 2 aliphatic heterocycles. The summed E-state index contributed by atoms with van der Waals surface area (Å²) < 4.78 is 5.44. The second-order valence-corrected chi connectivity index (χ2v) is 3.77. The summed E-state index contributed by atoms with van der Waals surface area (Å²) in [6.07, 6.45) is 3.59. The van der Waals surface area contributed by atoms with Crippen molar-refractivity contribution in [2.24, 2.45) is 5.73 Å². The highest BCUT2D eigenvalue weighted by Crippen LogP contribution is 2.36. The molecule has 0 spiro atoms. The Kier molecular flexibility index (Phi) is 2.26. The second-order valence-electron chi connectivity index (χ2n) is 3.77. The number of piperidine rings is 1. The number of fused-ring (bicyclic) bond motifs is 1. The maximum atomic E-state index is 11.1. The van der Waals surface area contributed by atoms with Crippen LogP contribution in [0.4, 0.5) is 0 Å². The lowest BCUT2D eigenvalue weighted by Gasteiger charge is -2.29. The van der Waals surface area contributed by atoms with E-state index in [1.165, 1.54) is 0 Å². The molecule has 2 fully saturated rings. The normalized spacial score (nSPS) is 35.2. The molecule has 0 aromatic heterocycles. The number of epoxide rings is 1. The highest BCUT2D eigenvalue weighted by atomic mass is 16.6. The van der Waals surface area contributed by atoms with Crippen LogP contribution < -0.4 is 5.73 Å². The first-order valence-electron chi connectivity index (χ1n) is 4.94. The third-order valence-electron chi connectivity index (χ3n) is 2.90. The maximum Gasteiger partial charge on any atom is 0.234 e. The number of carbonyl (C=O) groups is 1. The summed E-state index contributed by atoms with van der Waals surface area (Å²) in [4.78, 5) is 13.2. The van der Waals surface area contributed by atoms with E-state index < -0.39 is 0 Å². The van der Waals surface area contributed by atoms with E-state index in [1.54, 1.807) is 0 Å². The molecule has 74 valence electrons. The van der Waals surface area contributed by atoms with E-state index in [4.69, 9.17) is 10.5 Å². The van der Waals surface area contributed by atoms with Crippen LogP contribution in [0, 0.1) is 0 Å². The number of nitrogens with two attached hydrogens (primary N) is 1. The average Bonchev–Trinajstić information content (AvgIpc) is 2.84. The molecule has 0 aromatic carbocycles. The third-order valence-corrected chi connectivity index (χ3v) is 2.90. The van der Waals surface area contributed by atoms with E-state index in [2.05, 4.69) is 4.90 Å². The van der Waals surface area contributed by atoms with Gasteiger partial charge in [-0.05, 0) is 19.3 Å². The monoisotopic (exact) mass is 184 g/mol. The van der Waals surface area contributed by atoms with Crippen LogP contribution in [0.1, 0.15) is 26.2 Å². The Hall–Kier alpha value is -0.610. The zero-order valence-corrected chi connectivity index (χ0v) is 7.90. The molecule has 0 aliphatic carbocycles. The van der Waals surface area contributed by atoms with Crippen molar-refractivity contribution in [2.75, 3.05) is 6.54 Å². The van der Waals surface area contributed by atoms with Crippen LogP contribution in [-0.2, 0) is 9.53 Å². The average molecular weight is 184 g/mol. The van der Waals surface area contributed by atoms with Gasteiger partial charge in [-0.1, -0.05) is 6.92 Å². The van der Waals surface area contributed by atoms with Gasteiger partial charge in [-0.3, -0.25) is 9.69 Å². The number of nitrogens with zero attached hydrogens (tertiary/aromatic N) is 1. The molecule has 1 amide bonds. The number of ether oxygens (including phenoxy) is 1. The largest absolute Gasteiger partial charge is 0.368 e. The lowest BCUT2D eigenvalue weighted by molar-refractivity contribution is -0.124. The van der Waals surface area contributed by atoms with Gasteiger partial charge >= 0.3 is 0 Å². The van der Waals surface area contributed by atoms with Crippen molar-refractivity contribution in [3.05, 3.63) is 0 Å². The molecule has 2 heterocycles. The van der Waals surface area contributed by atoms with Crippen molar-refractivity contribution < 1.29 is 9.53 Å². The minimum atomic E-state index is -0.223. The number of carbonyl (C=O) groups excluding carboxylic acids is 1. The SMILES string of the molecule is CCC(C(N)=O)N1CCCC2OC21. The van der Waals surface area contributed by atoms with Gasteiger partial charge in [0.2, 0.25) is 5.91 Å². The van der Waals surface area contributed by atoms with E-state index in [1.807, 2.05) is 6.92 Å². The predicted molar refractivity (Wildman–Crippen MR) is 47.9 cm³/mol. The van der Waals surface area contributed by atoms with Gasteiger partial charge in [0.25, 0.3) is 0 Å². The van der Waals surface area contributed by atoms with E-state index >= 15 is 0 Å². The van der Waals surface area contributed by atoms with Crippen LogP contribution in [0.15, 0.2) is 0 Å². The Labute approximate surface area is 78.0 Å². The van der Waals surface area contributed by atoms with Gasteiger partial charge in [0, 0.05) is 6.54 Å². The molecular formula is C9H16N2O2. The Bertz CT molecular complexity index is 220. The first kappa shape index (κ1) is 8.97. The number of hydrogen-bond donors (Lipinski definition) is 1. The summed E-state index contributed by atoms with van der Waals surface area (Å²) in [5, 5.41) is 0. The van der Waals surface area contributed by atoms with Gasteiger partial charge in [0.05, 0.1) is 12.1 Å². The summed E-state index contributed by atoms with van der Waals surface area (Å²) in [6.45, 7) is 2.93. The quantitative estimate of drug-likeness (QED) is 0.631. The van der Waals surface area contributed by atoms with Crippen LogP contribution in [0.2, 0.25) is 0 Å². The first-order valence-corrected chi connectivity index (χ1v) is 4.94. The second kappa shape index (κ2) is 3.27. The molecule has 0 aromatic rings. The van der Waals surface area contributed by atoms with E-state index in [9.17, 15) is 4.79 Å². The van der Waals surface area contributed by atoms with Crippen LogP contribution in [0.25, 0.3) is 0 Å². The third kappa shape index (κ3) is 1.56. The fraction of sp³-hybridized carbons (Fsp3) is 0.889. The number of amides is 1. The summed E-state index contributed by atoms with van der Waals surface area (Å²) in [7, 11) is 0. The first-order chi connectivity index (χ1) is 6.24. The van der Waals surface area contributed by atoms with Crippen molar-refractivity contribution in [1.29, 1.82) is 0 Å². The molecular weight excluding hydrogens is 168 g/mol. The molecule has 0 saturated carbocycles. The van der Waals surface area contributed by atoms with Crippen molar-refractivity contribution in [1.82, 2.24) is 4.90 Å². The highest BCUT2D eigenvalue weighted by molar-refractivity contribution is 5.79. The van der Waals surface area contributed by atoms with Gasteiger partial charge in [0.1, 0.15) is 6.23 Å². The molecule has 0 bridgehead atoms. The molecule has 13 heavy (non-hydrogen) atoms. The minimum Gasteiger partial charge on any atom is -0.368 e. The topological polar surface area (TPSA) is 58.9 Å². The predicted octanol–water partition coefficient (Wildman–Crippen LogP) is 0.0710. The van der Waals surface area contributed by atoms with Crippen LogP contribution in [0.3, 0.4) is 0 Å². The Morgan fingerprint density at radius 2 is 2.54 bits per heavy atom. The van der Waals surface area contributed by atoms with E-state index in [0.717, 1.165) is 25.8 Å². The lowest BCUT2D eigenvalue weighted by atomic mass is 10.1. The standard InChI is InChI=1S/C9H16N2O2/c1-2-6(8(10)12)11-5-3-4-7-9(11)13-7/h6-7,9H,2-5H2,1H3,(H2,10,12). The molecule has 2 N–H and O–H groups in total. The maximum absolute atomic E-state index is 11.1. The number of hydrogen-bond acceptors (Lipinski definition) is 3. The zero-order valence-electron chi connectivity index (χ0n) is 7.90. The van der Waals surface area contributed by atoms with Crippen molar-refractivity contribution >= 4 is 5.91 Å². The van der Waals surface area contributed by atoms with Crippen molar-refractivity contribution in [3.63, 3.8) is 0 Å². The van der Waals surface area contributed by atoms with Gasteiger partial charge in [-0.15, -0.1) is 0 Å². The Balaban J connectivity index is 2.01. The van der Waals surface area contributed by atoms with Gasteiger partial charge in [-0.25, -0.2) is 0 Å². The number of likely N-dealkylation sites (tertiary alicyclic amines) is 1. The fourth-order valence-corrected chi connectivity index (χ4v) is 2.17. The molecule has 4 heteroatoms. The van der Waals surface area contributed by atoms with Gasteiger partial charge in [0.15, 0.2) is 0 Å². The Morgan fingerprint density at radius 1 is 1.77 bits per heavy atom. The number of primary amides is 1. The summed E-state index contributed by atoms with van der Waals surface area (Å²) in [5.74, 6) is -0.223. The van der Waals surface area contributed by atoms with Crippen LogP contribution >= 0.6 is 0 Å². The van der Waals surface area contributed by atoms with E-state index in [0.29, 0.717) is 6.10 Å². The molecule has 2 aliphatic rings. The Morgan fingerprint density at radius 3 is 3.15 bits per heavy atom. The molecule has 2 saturated heterocycles. The summed E-state index contributed by atoms with van der Waals surface area (Å²) >= 11 is 0. The summed E-state index contributed by atoms with van der Waals surface area (Å²) in [5.41, 5.74) is 5.32. The molecule has 4 nitrogen and oxygen atoms in total. The zero-order chi connectivity index (χ0) is 9.42. The number of rotatable bonds is 3. The van der Waals surface area contributed by atoms with Gasteiger partial charge < -0.3 is 10.5 Å². The molecule has 3 atom stereocenters. The minimum absolute atomic E-state index is 0.129. The molecule has 0 radical (unpaired) electrons. The smallest absolute Gasteiger partial charge is 0.234 e. The lowest BCUT2D eigenvalue weighted by Crippen LogP contribution is -2.48. The molecule has 3 unspecified atom stereocenters. The van der Waals surface area contributed by atoms with Crippen molar-refractivity contribution in [3.8, 4) is 0 Å². The van der Waals surface area contributed by atoms with E-state index in [-0.39, 0.29) is 18.2 Å². The van der Waals surface area contributed by atoms with Crippen molar-refractivity contribution in [2.45, 2.75) is 44.6 Å². The van der Waals surface area contributed by atoms with Crippen LogP contribution in [0.5, 0.6) is 0 Å². The fourth-order valence-electron chi connectivity index (χ4n) is 2.17. The van der Waals surface area contributed by atoms with Crippen LogP contribution in [-0.4, -0.2) is 35.7 Å². The summed E-state index contributed by atoms with van der Waals surface area (Å²) in [6, 6.07) is -0.129. The molecule has 2 rings (SSSR count). The van der Waals surface area contributed by atoms with Gasteiger partial charge in [-0.2, -0.15) is 0 Å². The highest BCUT2D eigenvalue weighted by Gasteiger charge is 2.48.